The Labute approximate surface area is 184 Å². The Hall–Kier alpha value is -3.24. The molecular weight excluding hydrogens is 414 g/mol. The molecule has 10 heteroatoms. The van der Waals surface area contributed by atoms with Crippen molar-refractivity contribution in [2.45, 2.75) is 19.4 Å². The molecule has 9 nitrogen and oxygen atoms in total. The van der Waals surface area contributed by atoms with E-state index in [0.29, 0.717) is 23.3 Å². The van der Waals surface area contributed by atoms with E-state index in [1.165, 1.54) is 11.3 Å². The molecule has 2 aliphatic heterocycles. The molecule has 0 spiro atoms. The van der Waals surface area contributed by atoms with E-state index in [9.17, 15) is 4.79 Å². The van der Waals surface area contributed by atoms with Crippen LogP contribution in [0.4, 0.5) is 28.3 Å². The SMILES string of the molecule is CC1(C)Oc2cnc(Nc3ccc(N4CCNCC4)cn3)nc2N(c2cccs2)C1=O. The molecule has 2 aliphatic rings. The second-order valence-corrected chi connectivity index (χ2v) is 8.78. The number of pyridine rings is 1. The van der Waals surface area contributed by atoms with Gasteiger partial charge < -0.3 is 20.3 Å². The molecule has 5 heterocycles. The predicted molar refractivity (Wildman–Crippen MR) is 121 cm³/mol. The number of rotatable bonds is 4. The molecule has 0 saturated carbocycles. The number of fused-ring (bicyclic) bond motifs is 1. The third-order valence-electron chi connectivity index (χ3n) is 5.23. The molecule has 160 valence electrons. The van der Waals surface area contributed by atoms with Gasteiger partial charge in [-0.05, 0) is 43.5 Å². The lowest BCUT2D eigenvalue weighted by molar-refractivity contribution is -0.131. The highest BCUT2D eigenvalue weighted by molar-refractivity contribution is 7.14. The number of hydrogen-bond donors (Lipinski definition) is 2. The summed E-state index contributed by atoms with van der Waals surface area (Å²) in [6, 6.07) is 7.73. The van der Waals surface area contributed by atoms with Gasteiger partial charge in [-0.3, -0.25) is 4.79 Å². The van der Waals surface area contributed by atoms with Crippen LogP contribution in [0.2, 0.25) is 0 Å². The number of hydrogen-bond acceptors (Lipinski definition) is 9. The summed E-state index contributed by atoms with van der Waals surface area (Å²) in [4.78, 5) is 30.4. The molecule has 0 atom stereocenters. The summed E-state index contributed by atoms with van der Waals surface area (Å²) in [7, 11) is 0. The number of piperazine rings is 1. The number of aromatic nitrogens is 3. The van der Waals surface area contributed by atoms with Gasteiger partial charge in [0.05, 0.1) is 18.1 Å². The van der Waals surface area contributed by atoms with Crippen molar-refractivity contribution in [2.24, 2.45) is 0 Å². The Bertz CT molecular complexity index is 1080. The van der Waals surface area contributed by atoms with E-state index in [1.54, 1.807) is 24.9 Å². The normalized spacial score (nSPS) is 17.8. The summed E-state index contributed by atoms with van der Waals surface area (Å²) in [5.74, 6) is 1.68. The molecule has 1 fully saturated rings. The minimum Gasteiger partial charge on any atom is -0.472 e. The van der Waals surface area contributed by atoms with Crippen molar-refractivity contribution in [1.29, 1.82) is 0 Å². The standard InChI is InChI=1S/C21H23N7O2S/c1-21(2)19(29)28(17-4-3-11-31-17)18-15(30-21)13-24-20(26-18)25-16-6-5-14(12-23-16)27-9-7-22-8-10-27/h3-6,11-13,22H,7-10H2,1-2H3,(H,23,24,25,26). The first-order valence-electron chi connectivity index (χ1n) is 10.1. The van der Waals surface area contributed by atoms with Crippen LogP contribution in [0.25, 0.3) is 0 Å². The second-order valence-electron chi connectivity index (χ2n) is 7.85. The van der Waals surface area contributed by atoms with E-state index in [4.69, 9.17) is 4.74 Å². The minimum absolute atomic E-state index is 0.175. The minimum atomic E-state index is -1.00. The first-order valence-corrected chi connectivity index (χ1v) is 11.0. The molecule has 0 aromatic carbocycles. The van der Waals surface area contributed by atoms with Gasteiger partial charge in [0.1, 0.15) is 10.8 Å². The number of amides is 1. The predicted octanol–water partition coefficient (Wildman–Crippen LogP) is 2.92. The van der Waals surface area contributed by atoms with Gasteiger partial charge in [-0.1, -0.05) is 0 Å². The van der Waals surface area contributed by atoms with Gasteiger partial charge in [-0.15, -0.1) is 11.3 Å². The number of nitrogens with zero attached hydrogens (tertiary/aromatic N) is 5. The fourth-order valence-corrected chi connectivity index (χ4v) is 4.35. The molecule has 0 radical (unpaired) electrons. The zero-order valence-electron chi connectivity index (χ0n) is 17.3. The Morgan fingerprint density at radius 1 is 1.16 bits per heavy atom. The highest BCUT2D eigenvalue weighted by Gasteiger charge is 2.43. The molecular formula is C21H23N7O2S. The van der Waals surface area contributed by atoms with Crippen LogP contribution in [0.5, 0.6) is 5.75 Å². The first-order chi connectivity index (χ1) is 15.0. The van der Waals surface area contributed by atoms with Gasteiger partial charge in [0.15, 0.2) is 17.2 Å². The Morgan fingerprint density at radius 3 is 2.71 bits per heavy atom. The van der Waals surface area contributed by atoms with Crippen molar-refractivity contribution >= 4 is 45.5 Å². The summed E-state index contributed by atoms with van der Waals surface area (Å²) in [5, 5.41) is 9.19. The Morgan fingerprint density at radius 2 is 2.00 bits per heavy atom. The maximum absolute atomic E-state index is 13.1. The van der Waals surface area contributed by atoms with Gasteiger partial charge in [0, 0.05) is 26.2 Å². The summed E-state index contributed by atoms with van der Waals surface area (Å²) in [5.41, 5.74) is 0.0833. The second kappa shape index (κ2) is 7.78. The summed E-state index contributed by atoms with van der Waals surface area (Å²) in [6.07, 6.45) is 3.44. The third-order valence-corrected chi connectivity index (χ3v) is 6.08. The van der Waals surface area contributed by atoms with Crippen LogP contribution >= 0.6 is 11.3 Å². The van der Waals surface area contributed by atoms with Gasteiger partial charge in [0.25, 0.3) is 5.91 Å². The number of carbonyl (C=O) groups excluding carboxylic acids is 1. The Balaban J connectivity index is 1.41. The molecule has 0 bridgehead atoms. The lowest BCUT2D eigenvalue weighted by atomic mass is 10.1. The average molecular weight is 438 g/mol. The number of thiophene rings is 1. The van der Waals surface area contributed by atoms with Crippen LogP contribution < -0.4 is 25.2 Å². The van der Waals surface area contributed by atoms with Gasteiger partial charge in [-0.2, -0.15) is 4.98 Å². The van der Waals surface area contributed by atoms with Crippen LogP contribution in [0.1, 0.15) is 13.8 Å². The van der Waals surface area contributed by atoms with Crippen LogP contribution in [0.3, 0.4) is 0 Å². The highest BCUT2D eigenvalue weighted by atomic mass is 32.1. The molecule has 0 unspecified atom stereocenters. The average Bonchev–Trinajstić information content (AvgIpc) is 3.30. The van der Waals surface area contributed by atoms with Gasteiger partial charge in [0.2, 0.25) is 5.95 Å². The van der Waals surface area contributed by atoms with Gasteiger partial charge in [-0.25, -0.2) is 14.9 Å². The van der Waals surface area contributed by atoms with Crippen molar-refractivity contribution in [2.75, 3.05) is 41.3 Å². The molecule has 3 aromatic rings. The van der Waals surface area contributed by atoms with Crippen molar-refractivity contribution in [3.63, 3.8) is 0 Å². The lowest BCUT2D eigenvalue weighted by Crippen LogP contribution is -2.50. The van der Waals surface area contributed by atoms with Gasteiger partial charge >= 0.3 is 0 Å². The molecule has 0 aliphatic carbocycles. The van der Waals surface area contributed by atoms with Crippen LogP contribution in [-0.4, -0.2) is 52.6 Å². The smallest absolute Gasteiger partial charge is 0.277 e. The summed E-state index contributed by atoms with van der Waals surface area (Å²) >= 11 is 1.47. The lowest BCUT2D eigenvalue weighted by Gasteiger charge is -2.36. The van der Waals surface area contributed by atoms with Crippen LogP contribution in [0, 0.1) is 0 Å². The maximum atomic E-state index is 13.1. The van der Waals surface area contributed by atoms with Crippen molar-refractivity contribution in [3.8, 4) is 5.75 Å². The molecule has 1 saturated heterocycles. The Kier molecular flexibility index (Phi) is 4.95. The van der Waals surface area contributed by atoms with E-state index < -0.39 is 5.60 Å². The number of ether oxygens (including phenoxy) is 1. The molecule has 3 aromatic heterocycles. The first kappa shape index (κ1) is 19.7. The van der Waals surface area contributed by atoms with E-state index in [0.717, 1.165) is 36.9 Å². The van der Waals surface area contributed by atoms with E-state index in [-0.39, 0.29) is 5.91 Å². The molecule has 1 amide bonds. The fourth-order valence-electron chi connectivity index (χ4n) is 3.62. The van der Waals surface area contributed by atoms with E-state index in [2.05, 4.69) is 30.5 Å². The molecule has 5 rings (SSSR count). The van der Waals surface area contributed by atoms with E-state index in [1.807, 2.05) is 35.8 Å². The topological polar surface area (TPSA) is 95.5 Å². The van der Waals surface area contributed by atoms with Crippen LogP contribution in [0.15, 0.2) is 42.0 Å². The largest absolute Gasteiger partial charge is 0.472 e. The van der Waals surface area contributed by atoms with Crippen molar-refractivity contribution in [1.82, 2.24) is 20.3 Å². The van der Waals surface area contributed by atoms with Crippen LogP contribution in [-0.2, 0) is 4.79 Å². The zero-order chi connectivity index (χ0) is 21.4. The molecule has 31 heavy (non-hydrogen) atoms. The van der Waals surface area contributed by atoms with Crippen molar-refractivity contribution < 1.29 is 9.53 Å². The number of anilines is 5. The quantitative estimate of drug-likeness (QED) is 0.643. The zero-order valence-corrected chi connectivity index (χ0v) is 18.1. The summed E-state index contributed by atoms with van der Waals surface area (Å²) in [6.45, 7) is 7.36. The van der Waals surface area contributed by atoms with Crippen molar-refractivity contribution in [3.05, 3.63) is 42.0 Å². The maximum Gasteiger partial charge on any atom is 0.277 e. The summed E-state index contributed by atoms with van der Waals surface area (Å²) < 4.78 is 5.88. The monoisotopic (exact) mass is 437 g/mol. The highest BCUT2D eigenvalue weighted by Crippen LogP contribution is 2.42. The number of nitrogens with one attached hydrogen (secondary N) is 2. The third kappa shape index (κ3) is 3.79. The molecule has 2 N–H and O–H groups in total. The fraction of sp³-hybridized carbons (Fsp3) is 0.333. The van der Waals surface area contributed by atoms with E-state index >= 15 is 0 Å². The number of carbonyl (C=O) groups is 1.